The van der Waals surface area contributed by atoms with E-state index in [0.29, 0.717) is 6.54 Å². The summed E-state index contributed by atoms with van der Waals surface area (Å²) >= 11 is 1.58. The standard InChI is InChI=1S/C10H9NOS/c11-4-7-2-1-3-9-8(5-12)6-13-10(7)9/h1-3,5-6H,4,11H2. The molecule has 66 valence electrons. The molecule has 0 fully saturated rings. The predicted molar refractivity (Wildman–Crippen MR) is 55.1 cm³/mol. The van der Waals surface area contributed by atoms with E-state index in [0.717, 1.165) is 27.5 Å². The molecule has 0 aliphatic rings. The van der Waals surface area contributed by atoms with E-state index >= 15 is 0 Å². The van der Waals surface area contributed by atoms with E-state index in [2.05, 4.69) is 0 Å². The molecule has 2 rings (SSSR count). The Labute approximate surface area is 80.0 Å². The lowest BCUT2D eigenvalue weighted by atomic mass is 10.1. The van der Waals surface area contributed by atoms with Crippen molar-refractivity contribution in [2.45, 2.75) is 6.54 Å². The largest absolute Gasteiger partial charge is 0.326 e. The van der Waals surface area contributed by atoms with Crippen LogP contribution in [-0.2, 0) is 6.54 Å². The monoisotopic (exact) mass is 191 g/mol. The fourth-order valence-corrected chi connectivity index (χ4v) is 2.43. The molecule has 0 unspecified atom stereocenters. The van der Waals surface area contributed by atoms with Gasteiger partial charge in [-0.1, -0.05) is 18.2 Å². The molecule has 1 aromatic heterocycles. The maximum Gasteiger partial charge on any atom is 0.151 e. The van der Waals surface area contributed by atoms with Gasteiger partial charge in [0, 0.05) is 27.6 Å². The van der Waals surface area contributed by atoms with Gasteiger partial charge in [0.05, 0.1) is 0 Å². The van der Waals surface area contributed by atoms with Crippen molar-refractivity contribution in [3.05, 3.63) is 34.7 Å². The highest BCUT2D eigenvalue weighted by Crippen LogP contribution is 2.27. The Morgan fingerprint density at radius 1 is 1.46 bits per heavy atom. The second-order valence-corrected chi connectivity index (χ2v) is 3.69. The van der Waals surface area contributed by atoms with Gasteiger partial charge in [-0.3, -0.25) is 4.79 Å². The highest BCUT2D eigenvalue weighted by atomic mass is 32.1. The minimum Gasteiger partial charge on any atom is -0.326 e. The number of hydrogen-bond acceptors (Lipinski definition) is 3. The average Bonchev–Trinajstić information content (AvgIpc) is 2.60. The Hall–Kier alpha value is -1.19. The van der Waals surface area contributed by atoms with Gasteiger partial charge in [0.1, 0.15) is 0 Å². The fraction of sp³-hybridized carbons (Fsp3) is 0.100. The van der Waals surface area contributed by atoms with Crippen LogP contribution in [0.25, 0.3) is 10.1 Å². The van der Waals surface area contributed by atoms with Crippen LogP contribution in [0.5, 0.6) is 0 Å². The van der Waals surface area contributed by atoms with Gasteiger partial charge in [0.2, 0.25) is 0 Å². The van der Waals surface area contributed by atoms with Crippen molar-refractivity contribution >= 4 is 27.7 Å². The van der Waals surface area contributed by atoms with Gasteiger partial charge >= 0.3 is 0 Å². The maximum atomic E-state index is 10.7. The highest BCUT2D eigenvalue weighted by molar-refractivity contribution is 7.17. The number of hydrogen-bond donors (Lipinski definition) is 1. The van der Waals surface area contributed by atoms with Crippen LogP contribution in [0.2, 0.25) is 0 Å². The number of aldehydes is 1. The maximum absolute atomic E-state index is 10.7. The summed E-state index contributed by atoms with van der Waals surface area (Å²) in [6.07, 6.45) is 0.888. The molecular formula is C10H9NOS. The smallest absolute Gasteiger partial charge is 0.151 e. The van der Waals surface area contributed by atoms with E-state index in [1.54, 1.807) is 11.3 Å². The van der Waals surface area contributed by atoms with Crippen LogP contribution >= 0.6 is 11.3 Å². The van der Waals surface area contributed by atoms with E-state index in [1.165, 1.54) is 0 Å². The van der Waals surface area contributed by atoms with Crippen LogP contribution in [-0.4, -0.2) is 6.29 Å². The fourth-order valence-electron chi connectivity index (χ4n) is 1.39. The lowest BCUT2D eigenvalue weighted by Gasteiger charge is -1.97. The van der Waals surface area contributed by atoms with Crippen molar-refractivity contribution in [1.82, 2.24) is 0 Å². The van der Waals surface area contributed by atoms with E-state index in [4.69, 9.17) is 5.73 Å². The molecule has 0 saturated carbocycles. The second-order valence-electron chi connectivity index (χ2n) is 2.81. The van der Waals surface area contributed by atoms with Gasteiger partial charge in [-0.05, 0) is 5.56 Å². The summed E-state index contributed by atoms with van der Waals surface area (Å²) in [5.41, 5.74) is 7.45. The van der Waals surface area contributed by atoms with E-state index in [9.17, 15) is 4.79 Å². The summed E-state index contributed by atoms with van der Waals surface area (Å²) in [7, 11) is 0. The van der Waals surface area contributed by atoms with E-state index < -0.39 is 0 Å². The zero-order valence-electron chi connectivity index (χ0n) is 6.99. The molecule has 1 aromatic carbocycles. The van der Waals surface area contributed by atoms with Gasteiger partial charge in [-0.2, -0.15) is 0 Å². The van der Waals surface area contributed by atoms with Crippen molar-refractivity contribution in [2.24, 2.45) is 5.73 Å². The van der Waals surface area contributed by atoms with Gasteiger partial charge in [-0.15, -0.1) is 11.3 Å². The number of rotatable bonds is 2. The normalized spacial score (nSPS) is 10.5. The Balaban J connectivity index is 2.79. The molecule has 0 aliphatic heterocycles. The van der Waals surface area contributed by atoms with Crippen molar-refractivity contribution in [3.63, 3.8) is 0 Å². The van der Waals surface area contributed by atoms with Gasteiger partial charge in [0.15, 0.2) is 6.29 Å². The molecule has 1 heterocycles. The summed E-state index contributed by atoms with van der Waals surface area (Å²) in [4.78, 5) is 10.7. The molecule has 0 amide bonds. The summed E-state index contributed by atoms with van der Waals surface area (Å²) in [6, 6.07) is 5.88. The van der Waals surface area contributed by atoms with Crippen molar-refractivity contribution in [1.29, 1.82) is 0 Å². The summed E-state index contributed by atoms with van der Waals surface area (Å²) < 4.78 is 1.13. The third-order valence-electron chi connectivity index (χ3n) is 2.06. The van der Waals surface area contributed by atoms with Crippen LogP contribution < -0.4 is 5.73 Å². The Bertz CT molecular complexity index is 447. The molecule has 3 heteroatoms. The molecule has 2 N–H and O–H groups in total. The first kappa shape index (κ1) is 8.41. The quantitative estimate of drug-likeness (QED) is 0.739. The van der Waals surface area contributed by atoms with E-state index in [1.807, 2.05) is 23.6 Å². The Morgan fingerprint density at radius 3 is 3.00 bits per heavy atom. The molecule has 0 spiro atoms. The third kappa shape index (κ3) is 1.26. The minimum atomic E-state index is 0.524. The van der Waals surface area contributed by atoms with Crippen LogP contribution in [0.4, 0.5) is 0 Å². The van der Waals surface area contributed by atoms with Crippen LogP contribution in [0.1, 0.15) is 15.9 Å². The summed E-state index contributed by atoms with van der Waals surface area (Å²) in [6.45, 7) is 0.524. The topological polar surface area (TPSA) is 43.1 Å². The second kappa shape index (κ2) is 3.28. The van der Waals surface area contributed by atoms with Gasteiger partial charge < -0.3 is 5.73 Å². The molecule has 2 nitrogen and oxygen atoms in total. The first-order chi connectivity index (χ1) is 6.36. The van der Waals surface area contributed by atoms with Gasteiger partial charge in [-0.25, -0.2) is 0 Å². The summed E-state index contributed by atoms with van der Waals surface area (Å²) in [5.74, 6) is 0. The van der Waals surface area contributed by atoms with Gasteiger partial charge in [0.25, 0.3) is 0 Å². The molecule has 0 bridgehead atoms. The first-order valence-electron chi connectivity index (χ1n) is 4.01. The highest BCUT2D eigenvalue weighted by Gasteiger charge is 2.05. The van der Waals surface area contributed by atoms with Crippen LogP contribution in [0, 0.1) is 0 Å². The molecule has 2 aromatic rings. The number of benzene rings is 1. The lowest BCUT2D eigenvalue weighted by Crippen LogP contribution is -1.95. The number of carbonyl (C=O) groups is 1. The molecule has 13 heavy (non-hydrogen) atoms. The number of nitrogens with two attached hydrogens (primary N) is 1. The zero-order valence-corrected chi connectivity index (χ0v) is 7.80. The molecule has 0 radical (unpaired) electrons. The van der Waals surface area contributed by atoms with Crippen molar-refractivity contribution < 1.29 is 4.79 Å². The van der Waals surface area contributed by atoms with E-state index in [-0.39, 0.29) is 0 Å². The zero-order chi connectivity index (χ0) is 9.26. The minimum absolute atomic E-state index is 0.524. The Kier molecular flexibility index (Phi) is 2.12. The third-order valence-corrected chi connectivity index (χ3v) is 3.15. The Morgan fingerprint density at radius 2 is 2.31 bits per heavy atom. The van der Waals surface area contributed by atoms with Crippen molar-refractivity contribution in [2.75, 3.05) is 0 Å². The number of fused-ring (bicyclic) bond motifs is 1. The lowest BCUT2D eigenvalue weighted by molar-refractivity contribution is 0.112. The predicted octanol–water partition coefficient (Wildman–Crippen LogP) is 2.17. The van der Waals surface area contributed by atoms with Crippen molar-refractivity contribution in [3.8, 4) is 0 Å². The number of carbonyl (C=O) groups excluding carboxylic acids is 1. The number of thiophene rings is 1. The molecular weight excluding hydrogens is 182 g/mol. The first-order valence-corrected chi connectivity index (χ1v) is 4.89. The summed E-state index contributed by atoms with van der Waals surface area (Å²) in [5, 5.41) is 2.89. The van der Waals surface area contributed by atoms with Crippen LogP contribution in [0.3, 0.4) is 0 Å². The average molecular weight is 191 g/mol. The molecule has 0 atom stereocenters. The van der Waals surface area contributed by atoms with Crippen LogP contribution in [0.15, 0.2) is 23.6 Å². The SMILES string of the molecule is NCc1cccc2c(C=O)csc12. The molecule has 0 aliphatic carbocycles. The molecule has 0 saturated heterocycles.